The lowest BCUT2D eigenvalue weighted by Gasteiger charge is -2.49. The standard InChI is InChI=1S/C21H34N2O8SSi/c1-27-20-17(23-32(25,26)11-12-33(3,4)5)16(22-21(24)28-2)18-15(30-20)13-29-19(31-18)14-9-7-6-8-10-14/h6-10,15-20,23H,11-13H2,1-5H3,(H,22,24)/t15-,16+,17+,18-,19-,20+/m1/s1. The molecule has 0 aromatic heterocycles. The average Bonchev–Trinajstić information content (AvgIpc) is 2.78. The lowest BCUT2D eigenvalue weighted by atomic mass is 9.93. The van der Waals surface area contributed by atoms with Crippen molar-refractivity contribution in [3.05, 3.63) is 35.9 Å². The third kappa shape index (κ3) is 6.98. The zero-order chi connectivity index (χ0) is 24.2. The first-order valence-corrected chi connectivity index (χ1v) is 16.2. The number of sulfonamides is 1. The van der Waals surface area contributed by atoms with Crippen LogP contribution in [0.3, 0.4) is 0 Å². The van der Waals surface area contributed by atoms with E-state index >= 15 is 0 Å². The quantitative estimate of drug-likeness (QED) is 0.517. The van der Waals surface area contributed by atoms with E-state index in [1.165, 1.54) is 14.2 Å². The number of hydrogen-bond donors (Lipinski definition) is 2. The zero-order valence-electron chi connectivity index (χ0n) is 19.6. The van der Waals surface area contributed by atoms with Crippen LogP contribution in [0, 0.1) is 0 Å². The van der Waals surface area contributed by atoms with Gasteiger partial charge in [0.25, 0.3) is 0 Å². The second kappa shape index (κ2) is 10.8. The molecule has 10 nitrogen and oxygen atoms in total. The molecule has 33 heavy (non-hydrogen) atoms. The van der Waals surface area contributed by atoms with Crippen molar-refractivity contribution >= 4 is 24.2 Å². The van der Waals surface area contributed by atoms with Crippen molar-refractivity contribution in [3.63, 3.8) is 0 Å². The molecule has 6 atom stereocenters. The van der Waals surface area contributed by atoms with Gasteiger partial charge in [0.15, 0.2) is 12.6 Å². The number of fused-ring (bicyclic) bond motifs is 1. The summed E-state index contributed by atoms with van der Waals surface area (Å²) in [6.45, 7) is 6.50. The summed E-state index contributed by atoms with van der Waals surface area (Å²) in [6, 6.07) is 8.19. The number of carbonyl (C=O) groups excluding carboxylic acids is 1. The minimum atomic E-state index is -3.69. The highest BCUT2D eigenvalue weighted by atomic mass is 32.2. The summed E-state index contributed by atoms with van der Waals surface area (Å²) >= 11 is 0. The van der Waals surface area contributed by atoms with Crippen LogP contribution in [0.2, 0.25) is 25.7 Å². The fraction of sp³-hybridized carbons (Fsp3) is 0.667. The number of ether oxygens (including phenoxy) is 5. The molecule has 1 aromatic carbocycles. The Balaban J connectivity index is 1.87. The van der Waals surface area contributed by atoms with Crippen LogP contribution >= 0.6 is 0 Å². The Bertz CT molecular complexity index is 895. The van der Waals surface area contributed by atoms with Crippen molar-refractivity contribution in [1.82, 2.24) is 10.0 Å². The van der Waals surface area contributed by atoms with Crippen molar-refractivity contribution < 1.29 is 36.9 Å². The summed E-state index contributed by atoms with van der Waals surface area (Å²) in [7, 11) is -2.63. The molecule has 0 bridgehead atoms. The third-order valence-corrected chi connectivity index (χ3v) is 9.10. The van der Waals surface area contributed by atoms with Crippen LogP contribution in [0.5, 0.6) is 0 Å². The van der Waals surface area contributed by atoms with Crippen LogP contribution in [0.15, 0.2) is 30.3 Å². The summed E-state index contributed by atoms with van der Waals surface area (Å²) in [5, 5.41) is 2.73. The maximum atomic E-state index is 12.9. The lowest BCUT2D eigenvalue weighted by Crippen LogP contribution is -2.71. The summed E-state index contributed by atoms with van der Waals surface area (Å²) < 4.78 is 56.8. The van der Waals surface area contributed by atoms with Gasteiger partial charge in [-0.1, -0.05) is 50.0 Å². The van der Waals surface area contributed by atoms with Gasteiger partial charge >= 0.3 is 6.09 Å². The number of hydrogen-bond acceptors (Lipinski definition) is 8. The number of alkyl carbamates (subject to hydrolysis) is 1. The van der Waals surface area contributed by atoms with Crippen molar-refractivity contribution in [2.75, 3.05) is 26.6 Å². The molecule has 0 aliphatic carbocycles. The van der Waals surface area contributed by atoms with Crippen LogP contribution in [0.4, 0.5) is 4.79 Å². The van der Waals surface area contributed by atoms with Gasteiger partial charge in [-0.05, 0) is 6.04 Å². The smallest absolute Gasteiger partial charge is 0.407 e. The lowest BCUT2D eigenvalue weighted by molar-refractivity contribution is -0.324. The molecule has 186 valence electrons. The number of benzene rings is 1. The number of carbonyl (C=O) groups is 1. The summed E-state index contributed by atoms with van der Waals surface area (Å²) in [4.78, 5) is 12.2. The predicted octanol–water partition coefficient (Wildman–Crippen LogP) is 1.82. The van der Waals surface area contributed by atoms with Gasteiger partial charge in [-0.2, -0.15) is 0 Å². The van der Waals surface area contributed by atoms with Crippen LogP contribution in [0.25, 0.3) is 0 Å². The molecule has 2 heterocycles. The van der Waals surface area contributed by atoms with E-state index in [2.05, 4.69) is 29.7 Å². The van der Waals surface area contributed by atoms with E-state index in [1.807, 2.05) is 30.3 Å². The molecule has 1 amide bonds. The number of amides is 1. The Morgan fingerprint density at radius 2 is 1.82 bits per heavy atom. The van der Waals surface area contributed by atoms with Gasteiger partial charge in [0.1, 0.15) is 12.2 Å². The Morgan fingerprint density at radius 1 is 1.12 bits per heavy atom. The largest absolute Gasteiger partial charge is 0.453 e. The normalized spacial score (nSPS) is 30.3. The molecule has 12 heteroatoms. The van der Waals surface area contributed by atoms with Crippen LogP contribution in [0.1, 0.15) is 11.9 Å². The van der Waals surface area contributed by atoms with Crippen LogP contribution in [-0.4, -0.2) is 79.7 Å². The van der Waals surface area contributed by atoms with Gasteiger partial charge in [-0.3, -0.25) is 0 Å². The first kappa shape index (κ1) is 26.1. The molecule has 1 aromatic rings. The van der Waals surface area contributed by atoms with E-state index in [0.29, 0.717) is 6.04 Å². The van der Waals surface area contributed by atoms with Gasteiger partial charge in [0.2, 0.25) is 10.0 Å². The fourth-order valence-corrected chi connectivity index (χ4v) is 8.11. The monoisotopic (exact) mass is 502 g/mol. The van der Waals surface area contributed by atoms with Crippen molar-refractivity contribution in [2.45, 2.75) is 62.6 Å². The molecule has 0 saturated carbocycles. The molecule has 2 saturated heterocycles. The van der Waals surface area contributed by atoms with Gasteiger partial charge < -0.3 is 29.0 Å². The SMILES string of the molecule is COC(=O)N[C@H]1[C@H](NS(=O)(=O)CC[Si](C)(C)C)[C@@H](OC)O[C@@H]2CO[C@@H](c3ccccc3)O[C@@H]12. The molecule has 2 fully saturated rings. The first-order chi connectivity index (χ1) is 15.5. The predicted molar refractivity (Wildman–Crippen MR) is 124 cm³/mol. The molecule has 0 unspecified atom stereocenters. The topological polar surface area (TPSA) is 121 Å². The van der Waals surface area contributed by atoms with Crippen LogP contribution in [-0.2, 0) is 33.7 Å². The second-order valence-corrected chi connectivity index (χ2v) is 16.9. The average molecular weight is 503 g/mol. The van der Waals surface area contributed by atoms with E-state index in [-0.39, 0.29) is 12.4 Å². The molecule has 2 aliphatic rings. The van der Waals surface area contributed by atoms with E-state index in [9.17, 15) is 13.2 Å². The number of rotatable bonds is 8. The van der Waals surface area contributed by atoms with Gasteiger partial charge in [-0.15, -0.1) is 0 Å². The van der Waals surface area contributed by atoms with Gasteiger partial charge in [-0.25, -0.2) is 17.9 Å². The van der Waals surface area contributed by atoms with Crippen molar-refractivity contribution in [1.29, 1.82) is 0 Å². The minimum absolute atomic E-state index is 0.0225. The molecule has 0 radical (unpaired) electrons. The highest BCUT2D eigenvalue weighted by Gasteiger charge is 2.52. The Hall–Kier alpha value is -1.54. The number of nitrogens with one attached hydrogen (secondary N) is 2. The Kier molecular flexibility index (Phi) is 8.54. The van der Waals surface area contributed by atoms with Crippen LogP contribution < -0.4 is 10.0 Å². The van der Waals surface area contributed by atoms with Gasteiger partial charge in [0.05, 0.1) is 31.6 Å². The summed E-state index contributed by atoms with van der Waals surface area (Å²) in [6.07, 6.45) is -3.66. The maximum absolute atomic E-state index is 12.9. The Labute approximate surface area is 196 Å². The van der Waals surface area contributed by atoms with E-state index in [0.717, 1.165) is 5.56 Å². The molecule has 2 N–H and O–H groups in total. The number of methoxy groups -OCH3 is 2. The molecule has 3 rings (SSSR count). The molecule has 2 aliphatic heterocycles. The summed E-state index contributed by atoms with van der Waals surface area (Å²) in [5.41, 5.74) is 0.800. The Morgan fingerprint density at radius 3 is 2.42 bits per heavy atom. The third-order valence-electron chi connectivity index (χ3n) is 5.61. The van der Waals surface area contributed by atoms with Crippen molar-refractivity contribution in [2.24, 2.45) is 0 Å². The first-order valence-electron chi connectivity index (χ1n) is 10.9. The van der Waals surface area contributed by atoms with E-state index in [1.54, 1.807) is 0 Å². The fourth-order valence-electron chi connectivity index (χ4n) is 3.80. The molecular weight excluding hydrogens is 468 g/mol. The zero-order valence-corrected chi connectivity index (χ0v) is 21.5. The van der Waals surface area contributed by atoms with Gasteiger partial charge in [0, 0.05) is 20.7 Å². The molecule has 0 spiro atoms. The van der Waals surface area contributed by atoms with Crippen molar-refractivity contribution in [3.8, 4) is 0 Å². The van der Waals surface area contributed by atoms with E-state index < -0.39 is 61.1 Å². The molecular formula is C21H34N2O8SSi. The highest BCUT2D eigenvalue weighted by molar-refractivity contribution is 7.89. The summed E-state index contributed by atoms with van der Waals surface area (Å²) in [5.74, 6) is -0.0225. The highest BCUT2D eigenvalue weighted by Crippen LogP contribution is 2.34. The maximum Gasteiger partial charge on any atom is 0.407 e. The second-order valence-electron chi connectivity index (χ2n) is 9.39. The minimum Gasteiger partial charge on any atom is -0.453 e. The van der Waals surface area contributed by atoms with E-state index in [4.69, 9.17) is 23.7 Å².